The lowest BCUT2D eigenvalue weighted by Crippen LogP contribution is -2.41. The van der Waals surface area contributed by atoms with Crippen LogP contribution >= 0.6 is 0 Å². The van der Waals surface area contributed by atoms with E-state index >= 15 is 0 Å². The number of nitriles is 1. The van der Waals surface area contributed by atoms with Gasteiger partial charge in [-0.3, -0.25) is 0 Å². The fourth-order valence-electron chi connectivity index (χ4n) is 2.62. The van der Waals surface area contributed by atoms with Crippen LogP contribution in [0, 0.1) is 16.7 Å². The molecule has 0 unspecified atom stereocenters. The van der Waals surface area contributed by atoms with E-state index in [0.29, 0.717) is 0 Å². The van der Waals surface area contributed by atoms with Crippen molar-refractivity contribution >= 4 is 0 Å². The fourth-order valence-corrected chi connectivity index (χ4v) is 2.62. The van der Waals surface area contributed by atoms with Crippen LogP contribution in [0.25, 0.3) is 0 Å². The predicted molar refractivity (Wildman–Crippen MR) is 82.5 cm³/mol. The van der Waals surface area contributed by atoms with Crippen LogP contribution in [0.4, 0.5) is 0 Å². The van der Waals surface area contributed by atoms with Crippen molar-refractivity contribution in [3.8, 4) is 11.8 Å². The second-order valence-corrected chi connectivity index (χ2v) is 7.03. The van der Waals surface area contributed by atoms with Crippen molar-refractivity contribution in [1.29, 1.82) is 5.26 Å². The number of hydrogen-bond donors (Lipinski definition) is 1. The Morgan fingerprint density at radius 3 is 2.40 bits per heavy atom. The summed E-state index contributed by atoms with van der Waals surface area (Å²) >= 11 is 0. The van der Waals surface area contributed by atoms with Crippen molar-refractivity contribution in [1.82, 2.24) is 5.32 Å². The van der Waals surface area contributed by atoms with Gasteiger partial charge in [0.05, 0.1) is 0 Å². The topological polar surface area (TPSA) is 45.0 Å². The van der Waals surface area contributed by atoms with Crippen LogP contribution < -0.4 is 10.1 Å². The van der Waals surface area contributed by atoms with E-state index < -0.39 is 0 Å². The summed E-state index contributed by atoms with van der Waals surface area (Å²) < 4.78 is 5.45. The molecule has 0 aliphatic heterocycles. The summed E-state index contributed by atoms with van der Waals surface area (Å²) in [4.78, 5) is 0. The first-order chi connectivity index (χ1) is 9.23. The van der Waals surface area contributed by atoms with Crippen molar-refractivity contribution < 1.29 is 4.74 Å². The van der Waals surface area contributed by atoms with Crippen molar-refractivity contribution in [3.63, 3.8) is 0 Å². The SMILES string of the molecule is CC(C)(C)CC(C)(C)NCc1ccccc1OCC#N. The molecule has 3 nitrogen and oxygen atoms in total. The van der Waals surface area contributed by atoms with Gasteiger partial charge in [-0.15, -0.1) is 0 Å². The zero-order valence-corrected chi connectivity index (χ0v) is 13.3. The molecule has 1 aromatic carbocycles. The third-order valence-electron chi connectivity index (χ3n) is 2.99. The molecule has 1 rings (SSSR count). The second-order valence-electron chi connectivity index (χ2n) is 7.03. The summed E-state index contributed by atoms with van der Waals surface area (Å²) in [7, 11) is 0. The highest BCUT2D eigenvalue weighted by Gasteiger charge is 2.24. The van der Waals surface area contributed by atoms with Gasteiger partial charge in [-0.05, 0) is 31.7 Å². The molecule has 3 heteroatoms. The van der Waals surface area contributed by atoms with Crippen LogP contribution in [0.1, 0.15) is 46.6 Å². The molecule has 0 saturated heterocycles. The van der Waals surface area contributed by atoms with Gasteiger partial charge in [0.1, 0.15) is 11.8 Å². The predicted octanol–water partition coefficient (Wildman–Crippen LogP) is 3.89. The lowest BCUT2D eigenvalue weighted by Gasteiger charge is -2.33. The van der Waals surface area contributed by atoms with Gasteiger partial charge in [0.25, 0.3) is 0 Å². The molecule has 0 saturated carbocycles. The second kappa shape index (κ2) is 6.76. The summed E-state index contributed by atoms with van der Waals surface area (Å²) in [6, 6.07) is 9.87. The van der Waals surface area contributed by atoms with Crippen LogP contribution in [-0.4, -0.2) is 12.1 Å². The first-order valence-corrected chi connectivity index (χ1v) is 7.06. The standard InChI is InChI=1S/C17H26N2O/c1-16(2,3)13-17(4,5)19-12-14-8-6-7-9-15(14)20-11-10-18/h6-9,19H,11-13H2,1-5H3. The summed E-state index contributed by atoms with van der Waals surface area (Å²) in [6.45, 7) is 12.0. The Bertz CT molecular complexity index is 467. The first kappa shape index (κ1) is 16.5. The lowest BCUT2D eigenvalue weighted by atomic mass is 9.82. The Hall–Kier alpha value is -1.53. The van der Waals surface area contributed by atoms with Gasteiger partial charge in [-0.2, -0.15) is 5.26 Å². The number of ether oxygens (including phenoxy) is 1. The quantitative estimate of drug-likeness (QED) is 0.856. The Morgan fingerprint density at radius 1 is 1.15 bits per heavy atom. The average Bonchev–Trinajstić information content (AvgIpc) is 2.32. The summed E-state index contributed by atoms with van der Waals surface area (Å²) in [5.74, 6) is 0.785. The van der Waals surface area contributed by atoms with Gasteiger partial charge in [0.2, 0.25) is 0 Å². The highest BCUT2D eigenvalue weighted by Crippen LogP contribution is 2.27. The minimum atomic E-state index is 0.0561. The van der Waals surface area contributed by atoms with E-state index in [0.717, 1.165) is 24.3 Å². The van der Waals surface area contributed by atoms with Crippen LogP contribution in [0.3, 0.4) is 0 Å². The van der Waals surface area contributed by atoms with Gasteiger partial charge >= 0.3 is 0 Å². The normalized spacial score (nSPS) is 12.0. The molecule has 0 aliphatic rings. The Morgan fingerprint density at radius 2 is 1.80 bits per heavy atom. The molecule has 0 spiro atoms. The molecule has 0 aliphatic carbocycles. The molecule has 110 valence electrons. The third kappa shape index (κ3) is 6.08. The highest BCUT2D eigenvalue weighted by atomic mass is 16.5. The molecule has 0 bridgehead atoms. The van der Waals surface area contributed by atoms with E-state index in [1.54, 1.807) is 0 Å². The number of hydrogen-bond acceptors (Lipinski definition) is 3. The molecule has 1 aromatic rings. The average molecular weight is 274 g/mol. The molecule has 0 heterocycles. The van der Waals surface area contributed by atoms with Gasteiger partial charge in [-0.1, -0.05) is 39.0 Å². The highest BCUT2D eigenvalue weighted by molar-refractivity contribution is 5.33. The molecule has 20 heavy (non-hydrogen) atoms. The van der Waals surface area contributed by atoms with Gasteiger partial charge < -0.3 is 10.1 Å². The maximum absolute atomic E-state index is 8.61. The van der Waals surface area contributed by atoms with E-state index in [1.807, 2.05) is 30.3 Å². The maximum Gasteiger partial charge on any atom is 0.174 e. The van der Waals surface area contributed by atoms with Crippen LogP contribution in [0.5, 0.6) is 5.75 Å². The molecule has 0 atom stereocenters. The minimum absolute atomic E-state index is 0.0561. The number of benzene rings is 1. The van der Waals surface area contributed by atoms with Crippen molar-refractivity contribution in [2.45, 2.75) is 53.1 Å². The lowest BCUT2D eigenvalue weighted by molar-refractivity contribution is 0.239. The molecule has 0 amide bonds. The molecule has 0 radical (unpaired) electrons. The fraction of sp³-hybridized carbons (Fsp3) is 0.588. The molecular formula is C17H26N2O. The van der Waals surface area contributed by atoms with E-state index in [2.05, 4.69) is 39.9 Å². The van der Waals surface area contributed by atoms with E-state index in [-0.39, 0.29) is 17.6 Å². The van der Waals surface area contributed by atoms with Crippen molar-refractivity contribution in [2.24, 2.45) is 5.41 Å². The van der Waals surface area contributed by atoms with Crippen molar-refractivity contribution in [3.05, 3.63) is 29.8 Å². The zero-order valence-electron chi connectivity index (χ0n) is 13.3. The van der Waals surface area contributed by atoms with Crippen molar-refractivity contribution in [2.75, 3.05) is 6.61 Å². The van der Waals surface area contributed by atoms with Gasteiger partial charge in [-0.25, -0.2) is 0 Å². The number of nitrogens with zero attached hydrogens (tertiary/aromatic N) is 1. The van der Waals surface area contributed by atoms with Gasteiger partial charge in [0, 0.05) is 17.6 Å². The smallest absolute Gasteiger partial charge is 0.174 e. The van der Waals surface area contributed by atoms with Gasteiger partial charge in [0.15, 0.2) is 6.61 Å². The molecule has 0 aromatic heterocycles. The molecular weight excluding hydrogens is 248 g/mol. The third-order valence-corrected chi connectivity index (χ3v) is 2.99. The van der Waals surface area contributed by atoms with E-state index in [1.165, 1.54) is 0 Å². The summed E-state index contributed by atoms with van der Waals surface area (Å²) in [5.41, 5.74) is 1.43. The number of nitrogens with one attached hydrogen (secondary N) is 1. The zero-order chi connectivity index (χ0) is 15.2. The number of para-hydroxylation sites is 1. The Balaban J connectivity index is 2.67. The Labute approximate surface area is 123 Å². The van der Waals surface area contributed by atoms with E-state index in [4.69, 9.17) is 10.00 Å². The molecule has 1 N–H and O–H groups in total. The van der Waals surface area contributed by atoms with Crippen LogP contribution in [0.2, 0.25) is 0 Å². The Kier molecular flexibility index (Phi) is 5.59. The first-order valence-electron chi connectivity index (χ1n) is 7.06. The minimum Gasteiger partial charge on any atom is -0.478 e. The maximum atomic E-state index is 8.61. The largest absolute Gasteiger partial charge is 0.478 e. The van der Waals surface area contributed by atoms with E-state index in [9.17, 15) is 0 Å². The monoisotopic (exact) mass is 274 g/mol. The summed E-state index contributed by atoms with van der Waals surface area (Å²) in [5, 5.41) is 12.2. The number of rotatable bonds is 6. The molecule has 0 fully saturated rings. The van der Waals surface area contributed by atoms with Crippen LogP contribution in [0.15, 0.2) is 24.3 Å². The van der Waals surface area contributed by atoms with Crippen LogP contribution in [-0.2, 0) is 6.54 Å². The summed E-state index contributed by atoms with van der Waals surface area (Å²) in [6.07, 6.45) is 1.08.